The van der Waals surface area contributed by atoms with Gasteiger partial charge in [0, 0.05) is 5.56 Å². The molecule has 0 fully saturated rings. The molecular weight excluding hydrogens is 208 g/mol. The van der Waals surface area contributed by atoms with Crippen LogP contribution in [0.4, 0.5) is 0 Å². The number of hydrogen-bond acceptors (Lipinski definition) is 3. The lowest BCUT2D eigenvalue weighted by molar-refractivity contribution is 0.0687. The van der Waals surface area contributed by atoms with Gasteiger partial charge in [-0.2, -0.15) is 5.10 Å². The number of rotatable bonds is 3. The topological polar surface area (TPSA) is 72.2 Å². The van der Waals surface area contributed by atoms with Gasteiger partial charge in [-0.3, -0.25) is 4.79 Å². The lowest BCUT2D eigenvalue weighted by atomic mass is 10.2. The number of carbonyl (C=O) groups is 2. The number of benzene rings is 1. The fourth-order valence-electron chi connectivity index (χ4n) is 1.37. The smallest absolute Gasteiger partial charge is 0.354 e. The van der Waals surface area contributed by atoms with Crippen LogP contribution < -0.4 is 0 Å². The van der Waals surface area contributed by atoms with Gasteiger partial charge in [0.1, 0.15) is 6.29 Å². The molecule has 1 heterocycles. The van der Waals surface area contributed by atoms with Crippen LogP contribution in [0.3, 0.4) is 0 Å². The van der Waals surface area contributed by atoms with Crippen LogP contribution in [-0.4, -0.2) is 27.1 Å². The first kappa shape index (κ1) is 10.1. The van der Waals surface area contributed by atoms with E-state index in [-0.39, 0.29) is 5.69 Å². The van der Waals surface area contributed by atoms with Crippen LogP contribution in [0, 0.1) is 0 Å². The summed E-state index contributed by atoms with van der Waals surface area (Å²) in [7, 11) is 0. The Balaban J connectivity index is 2.46. The van der Waals surface area contributed by atoms with Crippen LogP contribution in [0.25, 0.3) is 5.69 Å². The molecule has 2 aromatic rings. The summed E-state index contributed by atoms with van der Waals surface area (Å²) in [6, 6.07) is 7.91. The van der Waals surface area contributed by atoms with Crippen LogP contribution in [0.5, 0.6) is 0 Å². The van der Waals surface area contributed by atoms with Gasteiger partial charge in [-0.15, -0.1) is 0 Å². The molecule has 0 aliphatic carbocycles. The van der Waals surface area contributed by atoms with Crippen LogP contribution in [0.1, 0.15) is 20.8 Å². The Labute approximate surface area is 90.9 Å². The summed E-state index contributed by atoms with van der Waals surface area (Å²) in [5.41, 5.74) is 1.22. The lowest BCUT2D eigenvalue weighted by Crippen LogP contribution is -2.07. The summed E-state index contributed by atoms with van der Waals surface area (Å²) in [6.45, 7) is 0. The second kappa shape index (κ2) is 3.98. The minimum atomic E-state index is -1.04. The van der Waals surface area contributed by atoms with E-state index in [0.29, 0.717) is 11.3 Å². The van der Waals surface area contributed by atoms with Crippen molar-refractivity contribution in [2.75, 3.05) is 0 Å². The molecule has 0 unspecified atom stereocenters. The first-order chi connectivity index (χ1) is 7.72. The highest BCUT2D eigenvalue weighted by Crippen LogP contribution is 2.11. The molecule has 80 valence electrons. The van der Waals surface area contributed by atoms with Gasteiger partial charge < -0.3 is 5.11 Å². The van der Waals surface area contributed by atoms with Gasteiger partial charge in [0.2, 0.25) is 0 Å². The van der Waals surface area contributed by atoms with Crippen LogP contribution >= 0.6 is 0 Å². The molecule has 2 rings (SSSR count). The number of aromatic carboxylic acids is 1. The third kappa shape index (κ3) is 1.70. The molecule has 0 amide bonds. The number of aromatic nitrogens is 2. The molecule has 1 N–H and O–H groups in total. The number of nitrogens with zero attached hydrogens (tertiary/aromatic N) is 2. The molecule has 1 aromatic heterocycles. The zero-order valence-electron chi connectivity index (χ0n) is 8.20. The van der Waals surface area contributed by atoms with E-state index in [2.05, 4.69) is 5.10 Å². The van der Waals surface area contributed by atoms with Crippen LogP contribution in [-0.2, 0) is 0 Å². The minimum Gasteiger partial charge on any atom is -0.477 e. The summed E-state index contributed by atoms with van der Waals surface area (Å²) < 4.78 is 1.30. The van der Waals surface area contributed by atoms with Crippen molar-refractivity contribution >= 4 is 12.3 Å². The van der Waals surface area contributed by atoms with Gasteiger partial charge in [0.25, 0.3) is 0 Å². The van der Waals surface area contributed by atoms with E-state index < -0.39 is 5.97 Å². The zero-order chi connectivity index (χ0) is 11.5. The van der Waals surface area contributed by atoms with Crippen LogP contribution in [0.15, 0.2) is 36.5 Å². The van der Waals surface area contributed by atoms with E-state index in [1.807, 2.05) is 0 Å². The number of carboxylic acids is 1. The molecular formula is C11H8N2O3. The summed E-state index contributed by atoms with van der Waals surface area (Å²) >= 11 is 0. The molecule has 1 aromatic carbocycles. The standard InChI is InChI=1S/C11H8N2O3/c14-7-8-1-3-9(4-2-8)13-10(11(15)16)5-6-12-13/h1-7H,(H,15,16). The van der Waals surface area contributed by atoms with Crippen molar-refractivity contribution in [2.45, 2.75) is 0 Å². The van der Waals surface area contributed by atoms with E-state index >= 15 is 0 Å². The highest BCUT2D eigenvalue weighted by atomic mass is 16.4. The van der Waals surface area contributed by atoms with Crippen molar-refractivity contribution in [1.82, 2.24) is 9.78 Å². The Morgan fingerprint density at radius 2 is 1.94 bits per heavy atom. The second-order valence-electron chi connectivity index (χ2n) is 3.14. The summed E-state index contributed by atoms with van der Waals surface area (Å²) in [4.78, 5) is 21.3. The average Bonchev–Trinajstić information content (AvgIpc) is 2.78. The highest BCUT2D eigenvalue weighted by Gasteiger charge is 2.11. The fourth-order valence-corrected chi connectivity index (χ4v) is 1.37. The molecule has 0 aliphatic rings. The molecule has 0 saturated heterocycles. The van der Waals surface area contributed by atoms with Gasteiger partial charge in [-0.05, 0) is 30.3 Å². The van der Waals surface area contributed by atoms with E-state index in [1.54, 1.807) is 24.3 Å². The summed E-state index contributed by atoms with van der Waals surface area (Å²) in [5.74, 6) is -1.04. The van der Waals surface area contributed by atoms with Gasteiger partial charge in [-0.1, -0.05) is 0 Å². The summed E-state index contributed by atoms with van der Waals surface area (Å²) in [6.07, 6.45) is 2.14. The SMILES string of the molecule is O=Cc1ccc(-n2nccc2C(=O)O)cc1. The van der Waals surface area contributed by atoms with Gasteiger partial charge in [0.15, 0.2) is 5.69 Å². The Hall–Kier alpha value is -2.43. The minimum absolute atomic E-state index is 0.0823. The molecule has 0 atom stereocenters. The number of carboxylic acid groups (broad SMARTS) is 1. The quantitative estimate of drug-likeness (QED) is 0.787. The van der Waals surface area contributed by atoms with Crippen molar-refractivity contribution in [3.05, 3.63) is 47.8 Å². The molecule has 0 spiro atoms. The van der Waals surface area contributed by atoms with Gasteiger partial charge in [-0.25, -0.2) is 9.48 Å². The highest BCUT2D eigenvalue weighted by molar-refractivity contribution is 5.86. The number of hydrogen-bond donors (Lipinski definition) is 1. The third-order valence-corrected chi connectivity index (χ3v) is 2.14. The molecule has 0 bridgehead atoms. The molecule has 16 heavy (non-hydrogen) atoms. The maximum absolute atomic E-state index is 10.9. The molecule has 0 radical (unpaired) electrons. The predicted octanol–water partition coefficient (Wildman–Crippen LogP) is 1.38. The zero-order valence-corrected chi connectivity index (χ0v) is 8.20. The first-order valence-electron chi connectivity index (χ1n) is 4.55. The maximum Gasteiger partial charge on any atom is 0.354 e. The second-order valence-corrected chi connectivity index (χ2v) is 3.14. The number of aldehydes is 1. The maximum atomic E-state index is 10.9. The summed E-state index contributed by atoms with van der Waals surface area (Å²) in [5, 5.41) is 12.8. The molecule has 0 saturated carbocycles. The first-order valence-corrected chi connectivity index (χ1v) is 4.55. The van der Waals surface area contributed by atoms with Gasteiger partial charge in [0.05, 0.1) is 11.9 Å². The van der Waals surface area contributed by atoms with E-state index in [0.717, 1.165) is 6.29 Å². The van der Waals surface area contributed by atoms with E-state index in [9.17, 15) is 9.59 Å². The van der Waals surface area contributed by atoms with Crippen molar-refractivity contribution in [3.63, 3.8) is 0 Å². The molecule has 5 nitrogen and oxygen atoms in total. The van der Waals surface area contributed by atoms with Crippen molar-refractivity contribution in [1.29, 1.82) is 0 Å². The van der Waals surface area contributed by atoms with Crippen LogP contribution in [0.2, 0.25) is 0 Å². The average molecular weight is 216 g/mol. The lowest BCUT2D eigenvalue weighted by Gasteiger charge is -2.03. The molecule has 0 aliphatic heterocycles. The van der Waals surface area contributed by atoms with E-state index in [4.69, 9.17) is 5.11 Å². The van der Waals surface area contributed by atoms with E-state index in [1.165, 1.54) is 16.9 Å². The monoisotopic (exact) mass is 216 g/mol. The third-order valence-electron chi connectivity index (χ3n) is 2.14. The van der Waals surface area contributed by atoms with Gasteiger partial charge >= 0.3 is 5.97 Å². The van der Waals surface area contributed by atoms with Crippen molar-refractivity contribution in [3.8, 4) is 5.69 Å². The largest absolute Gasteiger partial charge is 0.477 e. The van der Waals surface area contributed by atoms with Crippen molar-refractivity contribution in [2.24, 2.45) is 0 Å². The number of carbonyl (C=O) groups excluding carboxylic acids is 1. The Morgan fingerprint density at radius 3 is 2.50 bits per heavy atom. The van der Waals surface area contributed by atoms with Crippen molar-refractivity contribution < 1.29 is 14.7 Å². The Bertz CT molecular complexity index is 528. The fraction of sp³-hybridized carbons (Fsp3) is 0. The molecule has 5 heteroatoms. The Kier molecular flexibility index (Phi) is 2.51. The predicted molar refractivity (Wildman–Crippen MR) is 55.9 cm³/mol. The Morgan fingerprint density at radius 1 is 1.25 bits per heavy atom. The normalized spacial score (nSPS) is 10.0.